The molecular weight excluding hydrogens is 548 g/mol. The Hall–Kier alpha value is -3.03. The lowest BCUT2D eigenvalue weighted by Crippen LogP contribution is -2.54. The Morgan fingerprint density at radius 2 is 1.61 bits per heavy atom. The fraction of sp³-hybridized carbons (Fsp3) is 0.115. The zero-order valence-corrected chi connectivity index (χ0v) is 21.2. The minimum Gasteiger partial charge on any atom is -0.273 e. The molecule has 166 valence electrons. The van der Waals surface area contributed by atoms with Crippen molar-refractivity contribution in [2.45, 2.75) is 20.3 Å². The molecule has 3 aromatic rings. The average molecular weight is 568 g/mol. The number of hydrogen-bond acceptors (Lipinski definition) is 3. The number of anilines is 1. The normalized spacial score (nSPS) is 15.2. The van der Waals surface area contributed by atoms with Crippen LogP contribution in [0.1, 0.15) is 27.8 Å². The molecule has 1 N–H and O–H groups in total. The summed E-state index contributed by atoms with van der Waals surface area (Å²) in [4.78, 5) is 39.2. The Labute approximate surface area is 208 Å². The molecule has 0 atom stereocenters. The van der Waals surface area contributed by atoms with E-state index in [1.165, 1.54) is 6.08 Å². The van der Waals surface area contributed by atoms with E-state index in [1.807, 2.05) is 62.4 Å². The summed E-state index contributed by atoms with van der Waals surface area (Å²) in [6, 6.07) is 18.3. The predicted octanol–water partition coefficient (Wildman–Crippen LogP) is 6.09. The van der Waals surface area contributed by atoms with E-state index in [1.54, 1.807) is 6.07 Å². The highest BCUT2D eigenvalue weighted by molar-refractivity contribution is 9.10. The summed E-state index contributed by atoms with van der Waals surface area (Å²) in [5, 5.41) is 2.28. The van der Waals surface area contributed by atoms with E-state index in [0.717, 1.165) is 36.1 Å². The van der Waals surface area contributed by atoms with Gasteiger partial charge >= 0.3 is 6.03 Å². The highest BCUT2D eigenvalue weighted by atomic mass is 79.9. The molecule has 0 unspecified atom stereocenters. The SMILES string of the molecule is Cc1ccc(N2C(=O)NC(=O)/C(=C\c3ccc(Cc4ccccc4Br)c(Br)c3)C2=O)c(C)c1. The van der Waals surface area contributed by atoms with Crippen LogP contribution in [0.25, 0.3) is 6.08 Å². The second kappa shape index (κ2) is 9.45. The molecule has 5 nitrogen and oxygen atoms in total. The van der Waals surface area contributed by atoms with Crippen molar-refractivity contribution in [2.24, 2.45) is 0 Å². The molecule has 0 spiro atoms. The van der Waals surface area contributed by atoms with Gasteiger partial charge < -0.3 is 0 Å². The highest BCUT2D eigenvalue weighted by Crippen LogP contribution is 2.28. The van der Waals surface area contributed by atoms with Crippen molar-refractivity contribution in [3.63, 3.8) is 0 Å². The molecule has 0 aliphatic carbocycles. The van der Waals surface area contributed by atoms with E-state index in [2.05, 4.69) is 43.2 Å². The number of nitrogens with one attached hydrogen (secondary N) is 1. The quantitative estimate of drug-likeness (QED) is 0.306. The second-order valence-electron chi connectivity index (χ2n) is 7.87. The summed E-state index contributed by atoms with van der Waals surface area (Å²) in [5.41, 5.74) is 5.02. The van der Waals surface area contributed by atoms with E-state index in [4.69, 9.17) is 0 Å². The summed E-state index contributed by atoms with van der Waals surface area (Å²) in [7, 11) is 0. The number of urea groups is 1. The smallest absolute Gasteiger partial charge is 0.273 e. The minimum atomic E-state index is -0.751. The third-order valence-corrected chi connectivity index (χ3v) is 6.93. The van der Waals surface area contributed by atoms with Gasteiger partial charge in [-0.1, -0.05) is 79.9 Å². The molecule has 1 aliphatic heterocycles. The lowest BCUT2D eigenvalue weighted by Gasteiger charge is -2.27. The summed E-state index contributed by atoms with van der Waals surface area (Å²) in [5.74, 6) is -1.36. The molecule has 1 fully saturated rings. The maximum Gasteiger partial charge on any atom is 0.335 e. The number of barbiturate groups is 1. The van der Waals surface area contributed by atoms with Gasteiger partial charge in [0.1, 0.15) is 5.57 Å². The fourth-order valence-electron chi connectivity index (χ4n) is 3.74. The summed E-state index contributed by atoms with van der Waals surface area (Å²) in [6.45, 7) is 3.76. The standard InChI is InChI=1S/C26H20Br2N2O3/c1-15-7-10-23(16(2)11-15)30-25(32)20(24(31)29-26(30)33)12-17-8-9-19(22(28)13-17)14-18-5-3-4-6-21(18)27/h3-13H,14H2,1-2H3,(H,29,31,33)/b20-12+. The number of imide groups is 2. The first-order valence-corrected chi connectivity index (χ1v) is 11.8. The number of nitrogens with zero attached hydrogens (tertiary/aromatic N) is 1. The number of carbonyl (C=O) groups is 3. The van der Waals surface area contributed by atoms with Crippen LogP contribution in [0.2, 0.25) is 0 Å². The van der Waals surface area contributed by atoms with E-state index >= 15 is 0 Å². The van der Waals surface area contributed by atoms with Crippen molar-refractivity contribution in [1.29, 1.82) is 0 Å². The third kappa shape index (κ3) is 4.84. The number of aryl methyl sites for hydroxylation is 2. The zero-order chi connectivity index (χ0) is 23.7. The van der Waals surface area contributed by atoms with Crippen molar-refractivity contribution < 1.29 is 14.4 Å². The number of rotatable bonds is 4. The van der Waals surface area contributed by atoms with Crippen LogP contribution >= 0.6 is 31.9 Å². The molecule has 33 heavy (non-hydrogen) atoms. The largest absolute Gasteiger partial charge is 0.335 e. The van der Waals surface area contributed by atoms with E-state index in [0.29, 0.717) is 17.7 Å². The van der Waals surface area contributed by atoms with Gasteiger partial charge in [-0.3, -0.25) is 14.9 Å². The average Bonchev–Trinajstić information content (AvgIpc) is 2.76. The van der Waals surface area contributed by atoms with Gasteiger partial charge in [-0.25, -0.2) is 9.69 Å². The van der Waals surface area contributed by atoms with Crippen LogP contribution in [0.4, 0.5) is 10.5 Å². The van der Waals surface area contributed by atoms with Crippen molar-refractivity contribution >= 4 is 61.5 Å². The molecular formula is C26H20Br2N2O3. The summed E-state index contributed by atoms with van der Waals surface area (Å²) >= 11 is 7.18. The van der Waals surface area contributed by atoms with Crippen molar-refractivity contribution in [3.8, 4) is 0 Å². The van der Waals surface area contributed by atoms with Crippen LogP contribution in [-0.4, -0.2) is 17.8 Å². The maximum absolute atomic E-state index is 13.2. The van der Waals surface area contributed by atoms with Gasteiger partial charge in [0.15, 0.2) is 0 Å². The number of carbonyl (C=O) groups excluding carboxylic acids is 3. The Kier molecular flexibility index (Phi) is 6.63. The molecule has 0 saturated carbocycles. The molecule has 3 aromatic carbocycles. The number of benzene rings is 3. The minimum absolute atomic E-state index is 0.0972. The summed E-state index contributed by atoms with van der Waals surface area (Å²) < 4.78 is 1.89. The van der Waals surface area contributed by atoms with Crippen LogP contribution in [0.5, 0.6) is 0 Å². The van der Waals surface area contributed by atoms with Crippen molar-refractivity contribution in [1.82, 2.24) is 5.32 Å². The van der Waals surface area contributed by atoms with Gasteiger partial charge in [-0.05, 0) is 66.8 Å². The number of hydrogen-bond donors (Lipinski definition) is 1. The predicted molar refractivity (Wildman–Crippen MR) is 136 cm³/mol. The van der Waals surface area contributed by atoms with Crippen LogP contribution in [0.3, 0.4) is 0 Å². The van der Waals surface area contributed by atoms with Gasteiger partial charge in [0.2, 0.25) is 0 Å². The van der Waals surface area contributed by atoms with Gasteiger partial charge in [0.25, 0.3) is 11.8 Å². The Morgan fingerprint density at radius 1 is 0.879 bits per heavy atom. The Morgan fingerprint density at radius 3 is 2.30 bits per heavy atom. The lowest BCUT2D eigenvalue weighted by atomic mass is 10.0. The molecule has 0 bridgehead atoms. The fourth-order valence-corrected chi connectivity index (χ4v) is 4.70. The van der Waals surface area contributed by atoms with Crippen LogP contribution in [-0.2, 0) is 16.0 Å². The maximum atomic E-state index is 13.2. The summed E-state index contributed by atoms with van der Waals surface area (Å²) in [6.07, 6.45) is 2.22. The molecule has 0 radical (unpaired) electrons. The molecule has 0 aromatic heterocycles. The lowest BCUT2D eigenvalue weighted by molar-refractivity contribution is -0.122. The first-order valence-electron chi connectivity index (χ1n) is 10.2. The van der Waals surface area contributed by atoms with Crippen molar-refractivity contribution in [3.05, 3.63) is 103 Å². The number of amides is 4. The molecule has 1 heterocycles. The van der Waals surface area contributed by atoms with Crippen LogP contribution in [0.15, 0.2) is 75.2 Å². The van der Waals surface area contributed by atoms with Gasteiger partial charge in [-0.15, -0.1) is 0 Å². The topological polar surface area (TPSA) is 66.5 Å². The zero-order valence-electron chi connectivity index (χ0n) is 18.0. The molecule has 7 heteroatoms. The first kappa shape index (κ1) is 23.1. The van der Waals surface area contributed by atoms with E-state index in [-0.39, 0.29) is 5.57 Å². The van der Waals surface area contributed by atoms with E-state index in [9.17, 15) is 14.4 Å². The van der Waals surface area contributed by atoms with Crippen molar-refractivity contribution in [2.75, 3.05) is 4.90 Å². The monoisotopic (exact) mass is 566 g/mol. The highest BCUT2D eigenvalue weighted by Gasteiger charge is 2.37. The second-order valence-corrected chi connectivity index (χ2v) is 9.58. The van der Waals surface area contributed by atoms with Gasteiger partial charge in [0, 0.05) is 8.95 Å². The van der Waals surface area contributed by atoms with Crippen LogP contribution in [0, 0.1) is 13.8 Å². The molecule has 1 saturated heterocycles. The van der Waals surface area contributed by atoms with Gasteiger partial charge in [0.05, 0.1) is 5.69 Å². The molecule has 4 rings (SSSR count). The molecule has 4 amide bonds. The van der Waals surface area contributed by atoms with E-state index < -0.39 is 17.8 Å². The Balaban J connectivity index is 1.65. The third-order valence-electron chi connectivity index (χ3n) is 5.42. The van der Waals surface area contributed by atoms with Crippen LogP contribution < -0.4 is 10.2 Å². The number of halogens is 2. The first-order chi connectivity index (χ1) is 15.7. The Bertz CT molecular complexity index is 1330. The van der Waals surface area contributed by atoms with Gasteiger partial charge in [-0.2, -0.15) is 0 Å². The molecule has 1 aliphatic rings.